The van der Waals surface area contributed by atoms with Crippen molar-refractivity contribution in [1.82, 2.24) is 0 Å². The highest BCUT2D eigenvalue weighted by Gasteiger charge is 2.58. The van der Waals surface area contributed by atoms with Gasteiger partial charge in [0, 0.05) is 6.92 Å². The van der Waals surface area contributed by atoms with Gasteiger partial charge in [-0.15, -0.1) is 8.39 Å². The molecule has 0 N–H and O–H groups in total. The summed E-state index contributed by atoms with van der Waals surface area (Å²) in [5.74, 6) is -4.80. The van der Waals surface area contributed by atoms with Crippen molar-refractivity contribution < 1.29 is 35.0 Å². The van der Waals surface area contributed by atoms with E-state index >= 15 is 0 Å². The van der Waals surface area contributed by atoms with Gasteiger partial charge in [-0.2, -0.15) is 17.6 Å². The molecule has 0 saturated heterocycles. The molecule has 0 aliphatic carbocycles. The second kappa shape index (κ2) is 2.92. The van der Waals surface area contributed by atoms with E-state index in [-0.39, 0.29) is 6.92 Å². The van der Waals surface area contributed by atoms with Gasteiger partial charge in [-0.25, -0.2) is 9.09 Å². The normalized spacial score (nSPS) is 14.9. The second-order valence-electron chi connectivity index (χ2n) is 1.91. The maximum absolute atomic E-state index is 11.8. The highest BCUT2D eigenvalue weighted by Crippen LogP contribution is 2.56. The minimum atomic E-state index is -6.61. The minimum Gasteiger partial charge on any atom is -0.218 e. The summed E-state index contributed by atoms with van der Waals surface area (Å²) in [6.07, 6.45) is -5.42. The van der Waals surface area contributed by atoms with Crippen molar-refractivity contribution in [2.75, 3.05) is 0 Å². The topological polar surface area (TPSA) is 26.3 Å². The maximum Gasteiger partial charge on any atom is 0.556 e. The Labute approximate surface area is 63.2 Å². The van der Waals surface area contributed by atoms with Crippen LogP contribution in [0.15, 0.2) is 0 Å². The number of halogens is 6. The van der Waals surface area contributed by atoms with Crippen LogP contribution in [0.25, 0.3) is 0 Å². The third-order valence-electron chi connectivity index (χ3n) is 0.732. The van der Waals surface area contributed by atoms with E-state index in [9.17, 15) is 30.5 Å². The molecule has 12 heavy (non-hydrogen) atoms. The van der Waals surface area contributed by atoms with Crippen LogP contribution in [0, 0.1) is 0 Å². The summed E-state index contributed by atoms with van der Waals surface area (Å²) in [5.41, 5.74) is 0. The zero-order valence-corrected chi connectivity index (χ0v) is 6.43. The molecule has 2 nitrogen and oxygen atoms in total. The van der Waals surface area contributed by atoms with E-state index in [4.69, 9.17) is 0 Å². The van der Waals surface area contributed by atoms with Crippen molar-refractivity contribution in [1.29, 1.82) is 0 Å². The zero-order valence-electron chi connectivity index (χ0n) is 5.53. The molecule has 0 aromatic heterocycles. The molecule has 0 rings (SSSR count). The summed E-state index contributed by atoms with van der Waals surface area (Å²) < 4.78 is 81.0. The first-order valence-electron chi connectivity index (χ1n) is 2.41. The molecule has 0 heterocycles. The Morgan fingerprint density at radius 3 is 1.58 bits per heavy atom. The Morgan fingerprint density at radius 1 is 1.17 bits per heavy atom. The van der Waals surface area contributed by atoms with Crippen LogP contribution < -0.4 is 0 Å². The Balaban J connectivity index is 4.56. The van der Waals surface area contributed by atoms with Crippen LogP contribution in [-0.2, 0) is 9.09 Å². The summed E-state index contributed by atoms with van der Waals surface area (Å²) in [7, 11) is -6.61. The molecule has 74 valence electrons. The lowest BCUT2D eigenvalue weighted by Gasteiger charge is -2.21. The van der Waals surface area contributed by atoms with Crippen molar-refractivity contribution in [2.45, 2.75) is 19.0 Å². The Morgan fingerprint density at radius 2 is 1.50 bits per heavy atom. The van der Waals surface area contributed by atoms with Gasteiger partial charge in [0.15, 0.2) is 0 Å². The molecule has 0 aromatic rings. The van der Waals surface area contributed by atoms with Crippen LogP contribution in [0.2, 0.25) is 0 Å². The zero-order chi connectivity index (χ0) is 10.2. The SMILES string of the molecule is CC(F)(F)C(F)(F)OP(=O)(F)F. The van der Waals surface area contributed by atoms with Gasteiger partial charge in [0.1, 0.15) is 0 Å². The van der Waals surface area contributed by atoms with Crippen LogP contribution in [0.1, 0.15) is 6.92 Å². The van der Waals surface area contributed by atoms with Crippen LogP contribution >= 0.6 is 7.99 Å². The quantitative estimate of drug-likeness (QED) is 0.534. The van der Waals surface area contributed by atoms with Gasteiger partial charge in [0.05, 0.1) is 0 Å². The molecule has 0 radical (unpaired) electrons. The fraction of sp³-hybridized carbons (Fsp3) is 1.00. The van der Waals surface area contributed by atoms with Crippen LogP contribution in [0.3, 0.4) is 0 Å². The molecule has 9 heteroatoms. The summed E-state index contributed by atoms with van der Waals surface area (Å²) in [6, 6.07) is 0. The lowest BCUT2D eigenvalue weighted by Crippen LogP contribution is -2.38. The van der Waals surface area contributed by atoms with E-state index in [1.165, 1.54) is 0 Å². The number of hydrogen-bond acceptors (Lipinski definition) is 2. The van der Waals surface area contributed by atoms with E-state index in [0.29, 0.717) is 0 Å². The summed E-state index contributed by atoms with van der Waals surface area (Å²) in [4.78, 5) is 0. The Hall–Kier alpha value is -0.230. The first kappa shape index (κ1) is 11.8. The number of hydrogen-bond donors (Lipinski definition) is 0. The van der Waals surface area contributed by atoms with E-state index in [0.717, 1.165) is 0 Å². The predicted molar refractivity (Wildman–Crippen MR) is 26.5 cm³/mol. The highest BCUT2D eigenvalue weighted by molar-refractivity contribution is 7.47. The van der Waals surface area contributed by atoms with Gasteiger partial charge >= 0.3 is 20.0 Å². The van der Waals surface area contributed by atoms with Gasteiger partial charge in [-0.3, -0.25) is 0 Å². The van der Waals surface area contributed by atoms with Gasteiger partial charge in [0.25, 0.3) is 0 Å². The van der Waals surface area contributed by atoms with Gasteiger partial charge in [0.2, 0.25) is 0 Å². The first-order valence-corrected chi connectivity index (χ1v) is 3.82. The third-order valence-corrected chi connectivity index (χ3v) is 1.17. The average molecular weight is 216 g/mol. The molecule has 0 atom stereocenters. The standard InChI is InChI=1S/C3H3F6O2P/c1-2(4,5)3(6,7)11-12(8,9)10/h1H3. The molecule has 0 saturated carbocycles. The summed E-state index contributed by atoms with van der Waals surface area (Å²) in [6.45, 7) is -0.331. The first-order chi connectivity index (χ1) is 4.96. The average Bonchev–Trinajstić information content (AvgIpc) is 1.52. The second-order valence-corrected chi connectivity index (χ2v) is 2.92. The molecule has 0 aromatic carbocycles. The summed E-state index contributed by atoms with van der Waals surface area (Å²) >= 11 is 0. The largest absolute Gasteiger partial charge is 0.556 e. The molecule has 0 aliphatic rings. The fourth-order valence-corrected chi connectivity index (χ4v) is 0.641. The Kier molecular flexibility index (Phi) is 2.86. The van der Waals surface area contributed by atoms with E-state index in [1.54, 1.807) is 0 Å². The van der Waals surface area contributed by atoms with Crippen molar-refractivity contribution in [2.24, 2.45) is 0 Å². The monoisotopic (exact) mass is 216 g/mol. The lowest BCUT2D eigenvalue weighted by molar-refractivity contribution is -0.304. The molecule has 0 unspecified atom stereocenters. The maximum atomic E-state index is 11.8. The molecule has 0 amide bonds. The minimum absolute atomic E-state index is 0.331. The van der Waals surface area contributed by atoms with Crippen molar-refractivity contribution in [3.63, 3.8) is 0 Å². The van der Waals surface area contributed by atoms with E-state index in [1.807, 2.05) is 0 Å². The molecule has 0 spiro atoms. The van der Waals surface area contributed by atoms with Gasteiger partial charge in [-0.1, -0.05) is 0 Å². The van der Waals surface area contributed by atoms with Crippen molar-refractivity contribution >= 4 is 7.99 Å². The summed E-state index contributed by atoms with van der Waals surface area (Å²) in [5, 5.41) is 0. The van der Waals surface area contributed by atoms with Crippen molar-refractivity contribution in [3.05, 3.63) is 0 Å². The van der Waals surface area contributed by atoms with Crippen LogP contribution in [0.5, 0.6) is 0 Å². The number of rotatable bonds is 3. The lowest BCUT2D eigenvalue weighted by atomic mass is 10.4. The number of alkyl halides is 4. The van der Waals surface area contributed by atoms with Crippen LogP contribution in [0.4, 0.5) is 26.0 Å². The van der Waals surface area contributed by atoms with Gasteiger partial charge < -0.3 is 0 Å². The van der Waals surface area contributed by atoms with E-state index < -0.39 is 20.0 Å². The molecular formula is C3H3F6O2P. The molecule has 0 bridgehead atoms. The van der Waals surface area contributed by atoms with Crippen LogP contribution in [-0.4, -0.2) is 12.0 Å². The van der Waals surface area contributed by atoms with Gasteiger partial charge in [-0.05, 0) is 0 Å². The molecule has 0 fully saturated rings. The van der Waals surface area contributed by atoms with E-state index in [2.05, 4.69) is 4.52 Å². The highest BCUT2D eigenvalue weighted by atomic mass is 31.2. The fourth-order valence-electron chi connectivity index (χ4n) is 0.214. The Bertz CT molecular complexity index is 203. The molecular weight excluding hydrogens is 213 g/mol. The third kappa shape index (κ3) is 3.44. The smallest absolute Gasteiger partial charge is 0.218 e. The predicted octanol–water partition coefficient (Wildman–Crippen LogP) is 3.30. The molecule has 0 aliphatic heterocycles. The van der Waals surface area contributed by atoms with Crippen molar-refractivity contribution in [3.8, 4) is 0 Å².